The van der Waals surface area contributed by atoms with E-state index in [0.29, 0.717) is 5.56 Å². The molecule has 0 saturated heterocycles. The van der Waals surface area contributed by atoms with Crippen molar-refractivity contribution >= 4 is 11.3 Å². The normalized spacial score (nSPS) is 10.8. The molecule has 0 saturated carbocycles. The van der Waals surface area contributed by atoms with Gasteiger partial charge in [-0.3, -0.25) is 0 Å². The number of rotatable bonds is 5. The summed E-state index contributed by atoms with van der Waals surface area (Å²) in [6.07, 6.45) is 1.13. The molecule has 1 aromatic heterocycles. The highest BCUT2D eigenvalue weighted by molar-refractivity contribution is 7.15. The Morgan fingerprint density at radius 3 is 2.78 bits per heavy atom. The quantitative estimate of drug-likeness (QED) is 0.790. The summed E-state index contributed by atoms with van der Waals surface area (Å²) in [5.74, 6) is -0.134. The Labute approximate surface area is 112 Å². The van der Waals surface area contributed by atoms with E-state index >= 15 is 0 Å². The van der Waals surface area contributed by atoms with Gasteiger partial charge in [0.25, 0.3) is 0 Å². The van der Waals surface area contributed by atoms with Crippen LogP contribution in [-0.4, -0.2) is 6.54 Å². The highest BCUT2D eigenvalue weighted by Crippen LogP contribution is 2.30. The average molecular weight is 263 g/mol. The van der Waals surface area contributed by atoms with E-state index in [4.69, 9.17) is 0 Å². The van der Waals surface area contributed by atoms with Gasteiger partial charge in [-0.2, -0.15) is 0 Å². The highest BCUT2D eigenvalue weighted by Gasteiger charge is 2.08. The maximum atomic E-state index is 13.8. The van der Waals surface area contributed by atoms with Gasteiger partial charge in [-0.05, 0) is 43.7 Å². The predicted octanol–water partition coefficient (Wildman–Crippen LogP) is 4.36. The second kappa shape index (κ2) is 6.12. The summed E-state index contributed by atoms with van der Waals surface area (Å²) in [6.45, 7) is 5.94. The fourth-order valence-corrected chi connectivity index (χ4v) is 2.83. The van der Waals surface area contributed by atoms with E-state index in [-0.39, 0.29) is 5.82 Å². The second-order valence-corrected chi connectivity index (χ2v) is 5.59. The fourth-order valence-electron chi connectivity index (χ4n) is 1.83. The summed E-state index contributed by atoms with van der Waals surface area (Å²) in [5.41, 5.74) is 1.66. The van der Waals surface area contributed by atoms with Gasteiger partial charge in [-0.1, -0.05) is 19.1 Å². The lowest BCUT2D eigenvalue weighted by Gasteiger charge is -2.01. The van der Waals surface area contributed by atoms with Crippen LogP contribution in [0.2, 0.25) is 0 Å². The zero-order chi connectivity index (χ0) is 13.0. The SMILES string of the molecule is CCCNCc1ccc(-c2ccc(C)cc2F)s1. The molecule has 0 radical (unpaired) electrons. The van der Waals surface area contributed by atoms with Crippen molar-refractivity contribution in [3.63, 3.8) is 0 Å². The minimum atomic E-state index is -0.134. The molecule has 18 heavy (non-hydrogen) atoms. The molecule has 1 nitrogen and oxygen atoms in total. The Bertz CT molecular complexity index is 519. The van der Waals surface area contributed by atoms with Crippen LogP contribution in [0.15, 0.2) is 30.3 Å². The van der Waals surface area contributed by atoms with Crippen LogP contribution in [0.4, 0.5) is 4.39 Å². The summed E-state index contributed by atoms with van der Waals surface area (Å²) >= 11 is 1.65. The minimum Gasteiger partial charge on any atom is -0.312 e. The van der Waals surface area contributed by atoms with Crippen molar-refractivity contribution in [2.45, 2.75) is 26.8 Å². The van der Waals surface area contributed by atoms with Gasteiger partial charge in [-0.15, -0.1) is 11.3 Å². The molecule has 1 aromatic carbocycles. The summed E-state index contributed by atoms with van der Waals surface area (Å²) in [5, 5.41) is 3.36. The molecule has 0 amide bonds. The largest absolute Gasteiger partial charge is 0.312 e. The third kappa shape index (κ3) is 3.18. The van der Waals surface area contributed by atoms with Gasteiger partial charge >= 0.3 is 0 Å². The van der Waals surface area contributed by atoms with Gasteiger partial charge in [0.2, 0.25) is 0 Å². The highest BCUT2D eigenvalue weighted by atomic mass is 32.1. The number of aryl methyl sites for hydroxylation is 1. The van der Waals surface area contributed by atoms with Crippen LogP contribution in [-0.2, 0) is 6.54 Å². The number of nitrogens with one attached hydrogen (secondary N) is 1. The van der Waals surface area contributed by atoms with Crippen molar-refractivity contribution in [1.29, 1.82) is 0 Å². The van der Waals surface area contributed by atoms with Crippen LogP contribution in [0.1, 0.15) is 23.8 Å². The predicted molar refractivity (Wildman–Crippen MR) is 76.4 cm³/mol. The molecule has 1 N–H and O–H groups in total. The molecule has 0 spiro atoms. The topological polar surface area (TPSA) is 12.0 Å². The van der Waals surface area contributed by atoms with Gasteiger partial charge in [0, 0.05) is 21.9 Å². The van der Waals surface area contributed by atoms with Crippen molar-refractivity contribution in [3.8, 4) is 10.4 Å². The van der Waals surface area contributed by atoms with Crippen molar-refractivity contribution in [2.24, 2.45) is 0 Å². The number of thiophene rings is 1. The van der Waals surface area contributed by atoms with Crippen molar-refractivity contribution in [2.75, 3.05) is 6.54 Å². The smallest absolute Gasteiger partial charge is 0.132 e. The maximum Gasteiger partial charge on any atom is 0.132 e. The first kappa shape index (κ1) is 13.2. The van der Waals surface area contributed by atoms with Gasteiger partial charge in [0.15, 0.2) is 0 Å². The number of benzene rings is 1. The zero-order valence-corrected chi connectivity index (χ0v) is 11.6. The van der Waals surface area contributed by atoms with Crippen LogP contribution < -0.4 is 5.32 Å². The third-order valence-electron chi connectivity index (χ3n) is 2.78. The van der Waals surface area contributed by atoms with Gasteiger partial charge in [0.1, 0.15) is 5.82 Å². The number of hydrogen-bond donors (Lipinski definition) is 1. The molecular formula is C15H18FNS. The van der Waals surface area contributed by atoms with E-state index in [1.807, 2.05) is 25.1 Å². The van der Waals surface area contributed by atoms with Crippen LogP contribution in [0.5, 0.6) is 0 Å². The molecule has 0 bridgehead atoms. The lowest BCUT2D eigenvalue weighted by molar-refractivity contribution is 0.630. The van der Waals surface area contributed by atoms with Crippen molar-refractivity contribution in [1.82, 2.24) is 5.32 Å². The van der Waals surface area contributed by atoms with Gasteiger partial charge in [-0.25, -0.2) is 4.39 Å². The molecule has 0 aliphatic carbocycles. The Hall–Kier alpha value is -1.19. The van der Waals surface area contributed by atoms with Crippen molar-refractivity contribution in [3.05, 3.63) is 46.6 Å². The molecular weight excluding hydrogens is 245 g/mol. The molecule has 3 heteroatoms. The molecule has 0 unspecified atom stereocenters. The van der Waals surface area contributed by atoms with E-state index < -0.39 is 0 Å². The van der Waals surface area contributed by atoms with E-state index in [9.17, 15) is 4.39 Å². The van der Waals surface area contributed by atoms with Crippen LogP contribution in [0.3, 0.4) is 0 Å². The second-order valence-electron chi connectivity index (χ2n) is 4.43. The standard InChI is InChI=1S/C15H18FNS/c1-3-8-17-10-12-5-7-15(18-12)13-6-4-11(2)9-14(13)16/h4-7,9,17H,3,8,10H2,1-2H3. The first-order chi connectivity index (χ1) is 8.70. The Kier molecular flexibility index (Phi) is 4.50. The molecule has 0 atom stereocenters. The van der Waals surface area contributed by atoms with Gasteiger partial charge < -0.3 is 5.32 Å². The molecule has 1 heterocycles. The zero-order valence-electron chi connectivity index (χ0n) is 10.8. The Morgan fingerprint density at radius 2 is 2.06 bits per heavy atom. The molecule has 2 aromatic rings. The Morgan fingerprint density at radius 1 is 1.22 bits per heavy atom. The van der Waals surface area contributed by atoms with E-state index in [2.05, 4.69) is 18.3 Å². The molecule has 0 fully saturated rings. The molecule has 2 rings (SSSR count). The van der Waals surface area contributed by atoms with Crippen LogP contribution in [0.25, 0.3) is 10.4 Å². The lowest BCUT2D eigenvalue weighted by Crippen LogP contribution is -2.12. The molecule has 96 valence electrons. The number of hydrogen-bond acceptors (Lipinski definition) is 2. The lowest BCUT2D eigenvalue weighted by atomic mass is 10.1. The fraction of sp³-hybridized carbons (Fsp3) is 0.333. The summed E-state index contributed by atoms with van der Waals surface area (Å²) in [4.78, 5) is 2.25. The third-order valence-corrected chi connectivity index (χ3v) is 3.90. The van der Waals surface area contributed by atoms with E-state index in [1.165, 1.54) is 4.88 Å². The first-order valence-electron chi connectivity index (χ1n) is 6.26. The Balaban J connectivity index is 2.13. The van der Waals surface area contributed by atoms with Gasteiger partial charge in [0.05, 0.1) is 0 Å². The first-order valence-corrected chi connectivity index (χ1v) is 7.08. The van der Waals surface area contributed by atoms with E-state index in [1.54, 1.807) is 17.4 Å². The summed E-state index contributed by atoms with van der Waals surface area (Å²) in [6, 6.07) is 9.47. The number of halogens is 1. The molecule has 0 aliphatic heterocycles. The van der Waals surface area contributed by atoms with Crippen LogP contribution in [0, 0.1) is 12.7 Å². The summed E-state index contributed by atoms with van der Waals surface area (Å²) < 4.78 is 13.8. The minimum absolute atomic E-state index is 0.134. The summed E-state index contributed by atoms with van der Waals surface area (Å²) in [7, 11) is 0. The monoisotopic (exact) mass is 263 g/mol. The van der Waals surface area contributed by atoms with E-state index in [0.717, 1.165) is 30.0 Å². The van der Waals surface area contributed by atoms with Crippen LogP contribution >= 0.6 is 11.3 Å². The maximum absolute atomic E-state index is 13.8. The average Bonchev–Trinajstić information content (AvgIpc) is 2.78. The van der Waals surface area contributed by atoms with Crippen molar-refractivity contribution < 1.29 is 4.39 Å². The molecule has 0 aliphatic rings.